The summed E-state index contributed by atoms with van der Waals surface area (Å²) >= 11 is 0. The number of hydrogen-bond acceptors (Lipinski definition) is 0. The molecule has 0 bridgehead atoms. The Labute approximate surface area is 87.1 Å². The standard InChI is InChI=1S/Ba.2O.Zr.2H/q+2;2*-2;+4;2*-1. The Bertz CT molecular complexity index is 11.5. The predicted octanol–water partition coefficient (Wildman–Crippen LogP) is -0.396. The minimum absolute atomic E-state index is 0. The van der Waals surface area contributed by atoms with Gasteiger partial charge >= 0.3 is 75.1 Å². The van der Waals surface area contributed by atoms with E-state index in [-0.39, 0.29) is 88.9 Å². The van der Waals surface area contributed by atoms with Gasteiger partial charge in [-0.3, -0.25) is 0 Å². The molecule has 20 valence electrons. The third-order valence-corrected chi connectivity index (χ3v) is 0. The summed E-state index contributed by atoms with van der Waals surface area (Å²) in [4.78, 5) is 0. The van der Waals surface area contributed by atoms with Gasteiger partial charge in [0.15, 0.2) is 0 Å². The van der Waals surface area contributed by atoms with E-state index in [9.17, 15) is 0 Å². The second-order valence-electron chi connectivity index (χ2n) is 0. The van der Waals surface area contributed by atoms with E-state index in [1.807, 2.05) is 0 Å². The molecule has 0 spiro atoms. The molecule has 4 heteroatoms. The molecule has 0 aliphatic rings. The Kier molecular flexibility index (Phi) is 149. The molecule has 4 heavy (non-hydrogen) atoms. The maximum absolute atomic E-state index is 0. The van der Waals surface area contributed by atoms with Crippen LogP contribution in [0.5, 0.6) is 0 Å². The first kappa shape index (κ1) is 32.7. The molecule has 0 heterocycles. The van der Waals surface area contributed by atoms with Gasteiger partial charge in [-0.1, -0.05) is 0 Å². The van der Waals surface area contributed by atoms with E-state index in [2.05, 4.69) is 0 Å². The minimum Gasteiger partial charge on any atom is -2.00 e. The van der Waals surface area contributed by atoms with Crippen molar-refractivity contribution in [3.8, 4) is 0 Å². The van der Waals surface area contributed by atoms with Crippen molar-refractivity contribution >= 4 is 48.9 Å². The van der Waals surface area contributed by atoms with Crippen LogP contribution >= 0.6 is 0 Å². The molecule has 0 radical (unpaired) electrons. The summed E-state index contributed by atoms with van der Waals surface area (Å²) in [5.74, 6) is 0. The van der Waals surface area contributed by atoms with Gasteiger partial charge in [0.2, 0.25) is 0 Å². The molecule has 0 saturated heterocycles. The minimum atomic E-state index is 0. The maximum atomic E-state index is 0. The molecule has 0 aromatic rings. The summed E-state index contributed by atoms with van der Waals surface area (Å²) in [7, 11) is 0. The molecule has 0 atom stereocenters. The van der Waals surface area contributed by atoms with Gasteiger partial charge in [-0.05, 0) is 0 Å². The Morgan fingerprint density at radius 3 is 1.00 bits per heavy atom. The van der Waals surface area contributed by atoms with Crippen LogP contribution in [0.25, 0.3) is 0 Å². The number of hydrogen-bond donors (Lipinski definition) is 0. The molecular weight excluding hydrogens is 261 g/mol. The molecule has 0 aromatic heterocycles. The monoisotopic (exact) mass is 262 g/mol. The van der Waals surface area contributed by atoms with Crippen molar-refractivity contribution in [3.63, 3.8) is 0 Å². The van der Waals surface area contributed by atoms with Crippen LogP contribution in [0.15, 0.2) is 0 Å². The second kappa shape index (κ2) is 18.2. The molecule has 0 saturated carbocycles. The van der Waals surface area contributed by atoms with Gasteiger partial charge in [0.05, 0.1) is 0 Å². The molecule has 0 rings (SSSR count). The molecule has 0 aliphatic carbocycles. The third kappa shape index (κ3) is 8.83. The summed E-state index contributed by atoms with van der Waals surface area (Å²) in [6.07, 6.45) is 0. The molecule has 0 N–H and O–H groups in total. The van der Waals surface area contributed by atoms with E-state index in [1.54, 1.807) is 0 Å². The Morgan fingerprint density at radius 1 is 1.00 bits per heavy atom. The van der Waals surface area contributed by atoms with Gasteiger partial charge in [0.25, 0.3) is 0 Å². The van der Waals surface area contributed by atoms with Gasteiger partial charge in [-0.2, -0.15) is 0 Å². The Balaban J connectivity index is 0. The average Bonchev–Trinajstić information content (AvgIpc) is 0. The van der Waals surface area contributed by atoms with E-state index in [1.165, 1.54) is 0 Å². The molecule has 0 aromatic carbocycles. The molecule has 2 nitrogen and oxygen atoms in total. The van der Waals surface area contributed by atoms with Crippen LogP contribution in [0.1, 0.15) is 2.85 Å². The smallest absolute Gasteiger partial charge is 2.00 e. The van der Waals surface area contributed by atoms with E-state index < -0.39 is 0 Å². The van der Waals surface area contributed by atoms with Crippen molar-refractivity contribution in [2.45, 2.75) is 0 Å². The van der Waals surface area contributed by atoms with Crippen LogP contribution in [-0.2, 0) is 37.2 Å². The number of rotatable bonds is 0. The van der Waals surface area contributed by atoms with Gasteiger partial charge < -0.3 is 13.8 Å². The fourth-order valence-corrected chi connectivity index (χ4v) is 0. The van der Waals surface area contributed by atoms with Gasteiger partial charge in [-0.15, -0.1) is 0 Å². The SMILES string of the molecule is [Ba+2].[H-].[H-].[O-2].[O-2].[Zr+4]. The van der Waals surface area contributed by atoms with Crippen molar-refractivity contribution < 1.29 is 40.0 Å². The van der Waals surface area contributed by atoms with Gasteiger partial charge in [-0.25, -0.2) is 0 Å². The van der Waals surface area contributed by atoms with Crippen LogP contribution in [0.2, 0.25) is 0 Å². The molecule has 0 amide bonds. The van der Waals surface area contributed by atoms with Gasteiger partial charge in [0.1, 0.15) is 0 Å². The zero-order chi connectivity index (χ0) is 0. The van der Waals surface area contributed by atoms with E-state index >= 15 is 0 Å². The quantitative estimate of drug-likeness (QED) is 0.534. The summed E-state index contributed by atoms with van der Waals surface area (Å²) < 4.78 is 0. The van der Waals surface area contributed by atoms with Crippen molar-refractivity contribution in [1.82, 2.24) is 0 Å². The third-order valence-electron chi connectivity index (χ3n) is 0. The van der Waals surface area contributed by atoms with Crippen LogP contribution in [-0.4, -0.2) is 48.9 Å². The molecule has 0 aliphatic heterocycles. The topological polar surface area (TPSA) is 57.0 Å². The first-order chi connectivity index (χ1) is 0. The van der Waals surface area contributed by atoms with E-state index in [0.29, 0.717) is 0 Å². The summed E-state index contributed by atoms with van der Waals surface area (Å²) in [5, 5.41) is 0. The summed E-state index contributed by atoms with van der Waals surface area (Å²) in [5.41, 5.74) is 0. The van der Waals surface area contributed by atoms with Crippen LogP contribution in [0, 0.1) is 0 Å². The second-order valence-corrected chi connectivity index (χ2v) is 0. The first-order valence-electron chi connectivity index (χ1n) is 0. The zero-order valence-electron chi connectivity index (χ0n) is 4.02. The summed E-state index contributed by atoms with van der Waals surface area (Å²) in [6, 6.07) is 0. The predicted molar refractivity (Wildman–Crippen MR) is 9.35 cm³/mol. The normalized spacial score (nSPS) is 0. The van der Waals surface area contributed by atoms with Crippen molar-refractivity contribution in [3.05, 3.63) is 0 Å². The Morgan fingerprint density at radius 2 is 1.00 bits per heavy atom. The van der Waals surface area contributed by atoms with E-state index in [0.717, 1.165) is 0 Å². The van der Waals surface area contributed by atoms with Crippen LogP contribution in [0.4, 0.5) is 0 Å². The zero-order valence-corrected chi connectivity index (χ0v) is 8.92. The average molecular weight is 263 g/mol. The van der Waals surface area contributed by atoms with E-state index in [4.69, 9.17) is 0 Å². The van der Waals surface area contributed by atoms with Crippen molar-refractivity contribution in [1.29, 1.82) is 0 Å². The van der Waals surface area contributed by atoms with Crippen molar-refractivity contribution in [2.75, 3.05) is 0 Å². The molecule has 0 unspecified atom stereocenters. The largest absolute Gasteiger partial charge is 4.00 e. The molecular formula is H2BaO2Zr. The summed E-state index contributed by atoms with van der Waals surface area (Å²) in [6.45, 7) is 0. The fraction of sp³-hybridized carbons (Fsp3) is 0. The van der Waals surface area contributed by atoms with Crippen LogP contribution in [0.3, 0.4) is 0 Å². The van der Waals surface area contributed by atoms with Crippen molar-refractivity contribution in [2.24, 2.45) is 0 Å². The molecule has 0 fully saturated rings. The Hall–Kier alpha value is 2.37. The van der Waals surface area contributed by atoms with Crippen LogP contribution < -0.4 is 0 Å². The van der Waals surface area contributed by atoms with Gasteiger partial charge in [0, 0.05) is 0 Å². The maximum Gasteiger partial charge on any atom is 4.00 e. The first-order valence-corrected chi connectivity index (χ1v) is 0. The fourth-order valence-electron chi connectivity index (χ4n) is 0.